The predicted octanol–water partition coefficient (Wildman–Crippen LogP) is 2.18. The summed E-state index contributed by atoms with van der Waals surface area (Å²) >= 11 is 5.91. The van der Waals surface area contributed by atoms with Gasteiger partial charge in [-0.15, -0.1) is 0 Å². The summed E-state index contributed by atoms with van der Waals surface area (Å²) in [6, 6.07) is 7.14. The van der Waals surface area contributed by atoms with Gasteiger partial charge in [-0.05, 0) is 50.6 Å². The molecule has 110 valence electrons. The van der Waals surface area contributed by atoms with Gasteiger partial charge in [0.25, 0.3) is 0 Å². The van der Waals surface area contributed by atoms with Gasteiger partial charge in [0, 0.05) is 18.1 Å². The molecule has 1 aromatic carbocycles. The number of rotatable bonds is 7. The second-order valence-corrected chi connectivity index (χ2v) is 6.06. The molecule has 1 aromatic rings. The Morgan fingerprint density at radius 3 is 2.45 bits per heavy atom. The summed E-state index contributed by atoms with van der Waals surface area (Å²) in [6.45, 7) is 1.44. The Bertz CT molecular complexity index is 471. The Morgan fingerprint density at radius 2 is 2.00 bits per heavy atom. The van der Waals surface area contributed by atoms with Gasteiger partial charge in [-0.3, -0.25) is 5.32 Å². The molecule has 1 unspecified atom stereocenters. The highest BCUT2D eigenvalue weighted by Crippen LogP contribution is 2.46. The number of carboxylic acids is 1. The molecule has 0 spiro atoms. The number of nitrogens with zero attached hydrogens (tertiary/aromatic N) is 1. The molecule has 2 N–H and O–H groups in total. The molecule has 1 fully saturated rings. The van der Waals surface area contributed by atoms with Crippen molar-refractivity contribution in [2.45, 2.75) is 18.4 Å². The molecule has 2 rings (SSSR count). The van der Waals surface area contributed by atoms with Gasteiger partial charge in [-0.2, -0.15) is 0 Å². The Balaban J connectivity index is 2.27. The molecule has 1 aliphatic rings. The number of halogens is 1. The van der Waals surface area contributed by atoms with Crippen LogP contribution < -0.4 is 5.32 Å². The van der Waals surface area contributed by atoms with E-state index in [2.05, 4.69) is 5.32 Å². The molecule has 0 aromatic heterocycles. The van der Waals surface area contributed by atoms with Crippen LogP contribution in [0.1, 0.15) is 18.4 Å². The summed E-state index contributed by atoms with van der Waals surface area (Å²) in [5.74, 6) is -0.649. The first-order valence-corrected chi connectivity index (χ1v) is 7.24. The topological polar surface area (TPSA) is 52.6 Å². The number of aliphatic carboxylic acids is 1. The zero-order valence-electron chi connectivity index (χ0n) is 11.9. The molecule has 0 radical (unpaired) electrons. The van der Waals surface area contributed by atoms with E-state index in [0.29, 0.717) is 11.6 Å². The monoisotopic (exact) mass is 296 g/mol. The first-order valence-electron chi connectivity index (χ1n) is 6.86. The van der Waals surface area contributed by atoms with Gasteiger partial charge in [0.1, 0.15) is 5.54 Å². The maximum absolute atomic E-state index is 12.0. The van der Waals surface area contributed by atoms with E-state index in [-0.39, 0.29) is 5.92 Å². The van der Waals surface area contributed by atoms with Crippen LogP contribution in [0.5, 0.6) is 0 Å². The van der Waals surface area contributed by atoms with E-state index in [1.165, 1.54) is 0 Å². The number of likely N-dealkylation sites (N-methyl/N-ethyl adjacent to an activating group) is 1. The molecule has 0 aliphatic heterocycles. The smallest absolute Gasteiger partial charge is 0.328 e. The zero-order valence-corrected chi connectivity index (χ0v) is 12.7. The van der Waals surface area contributed by atoms with Crippen molar-refractivity contribution in [3.05, 3.63) is 34.9 Å². The molecule has 0 amide bonds. The van der Waals surface area contributed by atoms with Crippen LogP contribution in [-0.4, -0.2) is 43.2 Å². The first kappa shape index (κ1) is 15.3. The molecule has 20 heavy (non-hydrogen) atoms. The normalized spacial score (nSPS) is 18.0. The van der Waals surface area contributed by atoms with E-state index in [9.17, 15) is 9.90 Å². The number of nitrogens with one attached hydrogen (secondary N) is 1. The minimum absolute atomic E-state index is 0.156. The number of benzene rings is 1. The van der Waals surface area contributed by atoms with E-state index in [1.54, 1.807) is 12.1 Å². The van der Waals surface area contributed by atoms with Gasteiger partial charge >= 0.3 is 5.97 Å². The van der Waals surface area contributed by atoms with Gasteiger partial charge in [-0.25, -0.2) is 4.79 Å². The van der Waals surface area contributed by atoms with Crippen LogP contribution in [-0.2, 0) is 10.3 Å². The highest BCUT2D eigenvalue weighted by atomic mass is 35.5. The molecular weight excluding hydrogens is 276 g/mol. The van der Waals surface area contributed by atoms with Crippen molar-refractivity contribution in [2.24, 2.45) is 5.92 Å². The van der Waals surface area contributed by atoms with Crippen LogP contribution in [0.2, 0.25) is 5.02 Å². The van der Waals surface area contributed by atoms with Crippen molar-refractivity contribution in [3.63, 3.8) is 0 Å². The summed E-state index contributed by atoms with van der Waals surface area (Å²) in [7, 11) is 3.95. The van der Waals surface area contributed by atoms with E-state index < -0.39 is 11.5 Å². The average molecular weight is 297 g/mol. The van der Waals surface area contributed by atoms with Gasteiger partial charge < -0.3 is 10.0 Å². The first-order chi connectivity index (χ1) is 9.46. The molecule has 1 saturated carbocycles. The van der Waals surface area contributed by atoms with Crippen molar-refractivity contribution in [1.29, 1.82) is 0 Å². The lowest BCUT2D eigenvalue weighted by molar-refractivity contribution is -0.146. The van der Waals surface area contributed by atoms with Gasteiger partial charge in [-0.1, -0.05) is 23.7 Å². The molecule has 1 atom stereocenters. The number of hydrogen-bond acceptors (Lipinski definition) is 3. The van der Waals surface area contributed by atoms with E-state index in [1.807, 2.05) is 31.1 Å². The lowest BCUT2D eigenvalue weighted by Crippen LogP contribution is -2.52. The molecule has 0 bridgehead atoms. The second kappa shape index (κ2) is 6.12. The fourth-order valence-corrected chi connectivity index (χ4v) is 2.69. The van der Waals surface area contributed by atoms with Crippen LogP contribution in [0.15, 0.2) is 24.3 Å². The fraction of sp³-hybridized carbons (Fsp3) is 0.533. The van der Waals surface area contributed by atoms with Gasteiger partial charge in [0.05, 0.1) is 0 Å². The maximum Gasteiger partial charge on any atom is 0.328 e. The van der Waals surface area contributed by atoms with Crippen LogP contribution in [0.3, 0.4) is 0 Å². The van der Waals surface area contributed by atoms with Crippen molar-refractivity contribution in [1.82, 2.24) is 10.2 Å². The van der Waals surface area contributed by atoms with E-state index in [0.717, 1.165) is 24.9 Å². The molecule has 4 nitrogen and oxygen atoms in total. The summed E-state index contributed by atoms with van der Waals surface area (Å²) in [5.41, 5.74) is -0.198. The Labute approximate surface area is 124 Å². The molecule has 0 heterocycles. The lowest BCUT2D eigenvalue weighted by Gasteiger charge is -2.32. The minimum Gasteiger partial charge on any atom is -0.480 e. The third-order valence-electron chi connectivity index (χ3n) is 3.79. The standard InChI is InChI=1S/C15H21ClN2O2/c1-18(2)10-9-17-15(14(19)20,11-3-4-11)12-5-7-13(16)8-6-12/h5-8,11,17H,3-4,9-10H2,1-2H3,(H,19,20). The Morgan fingerprint density at radius 1 is 1.40 bits per heavy atom. The molecular formula is C15H21ClN2O2. The van der Waals surface area contributed by atoms with Crippen molar-refractivity contribution >= 4 is 17.6 Å². The lowest BCUT2D eigenvalue weighted by atomic mass is 9.84. The SMILES string of the molecule is CN(C)CCNC(C(=O)O)(c1ccc(Cl)cc1)C1CC1. The van der Waals surface area contributed by atoms with Crippen LogP contribution in [0.4, 0.5) is 0 Å². The van der Waals surface area contributed by atoms with Crippen molar-refractivity contribution < 1.29 is 9.90 Å². The summed E-state index contributed by atoms with van der Waals surface area (Å²) in [6.07, 6.45) is 1.90. The second-order valence-electron chi connectivity index (χ2n) is 5.62. The summed E-state index contributed by atoms with van der Waals surface area (Å²) in [5, 5.41) is 13.7. The maximum atomic E-state index is 12.0. The summed E-state index contributed by atoms with van der Waals surface area (Å²) < 4.78 is 0. The molecule has 1 aliphatic carbocycles. The van der Waals surface area contributed by atoms with Crippen LogP contribution in [0, 0.1) is 5.92 Å². The van der Waals surface area contributed by atoms with Crippen LogP contribution in [0.25, 0.3) is 0 Å². The molecule has 0 saturated heterocycles. The van der Waals surface area contributed by atoms with Crippen LogP contribution >= 0.6 is 11.6 Å². The van der Waals surface area contributed by atoms with Crippen molar-refractivity contribution in [3.8, 4) is 0 Å². The quantitative estimate of drug-likeness (QED) is 0.810. The van der Waals surface area contributed by atoms with Gasteiger partial charge in [0.15, 0.2) is 0 Å². The van der Waals surface area contributed by atoms with Crippen molar-refractivity contribution in [2.75, 3.05) is 27.2 Å². The largest absolute Gasteiger partial charge is 0.480 e. The number of carbonyl (C=O) groups is 1. The third kappa shape index (κ3) is 3.14. The zero-order chi connectivity index (χ0) is 14.8. The van der Waals surface area contributed by atoms with E-state index in [4.69, 9.17) is 11.6 Å². The predicted molar refractivity (Wildman–Crippen MR) is 80.0 cm³/mol. The highest BCUT2D eigenvalue weighted by molar-refractivity contribution is 6.30. The van der Waals surface area contributed by atoms with Gasteiger partial charge in [0.2, 0.25) is 0 Å². The Kier molecular flexibility index (Phi) is 4.68. The highest BCUT2D eigenvalue weighted by Gasteiger charge is 2.52. The molecule has 5 heteroatoms. The summed E-state index contributed by atoms with van der Waals surface area (Å²) in [4.78, 5) is 14.0. The Hall–Kier alpha value is -1.10. The number of carboxylic acid groups (broad SMARTS) is 1. The average Bonchev–Trinajstić information content (AvgIpc) is 3.20. The third-order valence-corrected chi connectivity index (χ3v) is 4.04. The fourth-order valence-electron chi connectivity index (χ4n) is 2.56. The number of hydrogen-bond donors (Lipinski definition) is 2. The minimum atomic E-state index is -0.986. The van der Waals surface area contributed by atoms with E-state index >= 15 is 0 Å².